The van der Waals surface area contributed by atoms with Crippen LogP contribution in [0.1, 0.15) is 50.4 Å². The Morgan fingerprint density at radius 3 is 2.70 bits per heavy atom. The summed E-state index contributed by atoms with van der Waals surface area (Å²) >= 11 is 2.92. The Labute approximate surface area is 144 Å². The van der Waals surface area contributed by atoms with Gasteiger partial charge in [-0.15, -0.1) is 23.1 Å². The number of esters is 1. The summed E-state index contributed by atoms with van der Waals surface area (Å²) in [4.78, 5) is 25.5. The predicted octanol–water partition coefficient (Wildman–Crippen LogP) is 4.56. The molecule has 23 heavy (non-hydrogen) atoms. The third kappa shape index (κ3) is 3.08. The highest BCUT2D eigenvalue weighted by atomic mass is 32.2. The normalized spacial score (nSPS) is 17.0. The molecule has 0 aliphatic heterocycles. The number of ether oxygens (including phenoxy) is 1. The second-order valence-electron chi connectivity index (χ2n) is 5.44. The molecule has 0 N–H and O–H groups in total. The molecule has 0 saturated heterocycles. The summed E-state index contributed by atoms with van der Waals surface area (Å²) in [6.07, 6.45) is 3.16. The van der Waals surface area contributed by atoms with Gasteiger partial charge >= 0.3 is 5.97 Å². The molecule has 0 radical (unpaired) electrons. The standard InChI is InChI=1S/C18H18O3S2/c1-3-21-17(20)16-13-9-12(11-7-5-4-6-8-11)10-14(19)15(13)18(22-2)23-16/h4-8,12H,3,9-10H2,1-2H3. The Kier molecular flexibility index (Phi) is 4.87. The van der Waals surface area contributed by atoms with Crippen LogP contribution in [-0.4, -0.2) is 24.6 Å². The summed E-state index contributed by atoms with van der Waals surface area (Å²) in [6.45, 7) is 2.14. The first kappa shape index (κ1) is 16.3. The smallest absolute Gasteiger partial charge is 0.348 e. The van der Waals surface area contributed by atoms with Crippen LogP contribution in [0.15, 0.2) is 34.5 Å². The molecule has 1 aromatic carbocycles. The average Bonchev–Trinajstić information content (AvgIpc) is 2.95. The Morgan fingerprint density at radius 1 is 1.30 bits per heavy atom. The van der Waals surface area contributed by atoms with Crippen molar-refractivity contribution in [3.8, 4) is 0 Å². The average molecular weight is 346 g/mol. The molecule has 0 fully saturated rings. The van der Waals surface area contributed by atoms with E-state index in [0.717, 1.165) is 27.3 Å². The minimum Gasteiger partial charge on any atom is -0.462 e. The molecule has 5 heteroatoms. The SMILES string of the molecule is CCOC(=O)c1sc(SC)c2c1CC(c1ccccc1)CC2=O. The van der Waals surface area contributed by atoms with Crippen LogP contribution >= 0.6 is 23.1 Å². The summed E-state index contributed by atoms with van der Waals surface area (Å²) in [7, 11) is 0. The maximum atomic E-state index is 12.7. The van der Waals surface area contributed by atoms with Crippen molar-refractivity contribution in [1.29, 1.82) is 0 Å². The highest BCUT2D eigenvalue weighted by Crippen LogP contribution is 2.43. The number of fused-ring (bicyclic) bond motifs is 1. The lowest BCUT2D eigenvalue weighted by Gasteiger charge is -2.23. The molecule has 0 bridgehead atoms. The number of benzene rings is 1. The van der Waals surface area contributed by atoms with E-state index in [4.69, 9.17) is 4.74 Å². The van der Waals surface area contributed by atoms with Crippen molar-refractivity contribution in [3.63, 3.8) is 0 Å². The van der Waals surface area contributed by atoms with Gasteiger partial charge in [-0.1, -0.05) is 30.3 Å². The fourth-order valence-corrected chi connectivity index (χ4v) is 5.03. The molecule has 1 aliphatic carbocycles. The van der Waals surface area contributed by atoms with E-state index >= 15 is 0 Å². The minimum absolute atomic E-state index is 0.133. The Balaban J connectivity index is 2.03. The quantitative estimate of drug-likeness (QED) is 0.601. The van der Waals surface area contributed by atoms with Crippen LogP contribution in [0.5, 0.6) is 0 Å². The van der Waals surface area contributed by atoms with E-state index in [9.17, 15) is 9.59 Å². The van der Waals surface area contributed by atoms with Crippen molar-refractivity contribution in [1.82, 2.24) is 0 Å². The van der Waals surface area contributed by atoms with Gasteiger partial charge < -0.3 is 4.74 Å². The van der Waals surface area contributed by atoms with Crippen molar-refractivity contribution in [2.75, 3.05) is 12.9 Å². The molecular formula is C18H18O3S2. The van der Waals surface area contributed by atoms with Crippen LogP contribution in [0, 0.1) is 0 Å². The molecule has 3 nitrogen and oxygen atoms in total. The lowest BCUT2D eigenvalue weighted by Crippen LogP contribution is -2.20. The van der Waals surface area contributed by atoms with Crippen LogP contribution < -0.4 is 0 Å². The van der Waals surface area contributed by atoms with E-state index in [-0.39, 0.29) is 17.7 Å². The van der Waals surface area contributed by atoms with Gasteiger partial charge in [-0.05, 0) is 36.6 Å². The van der Waals surface area contributed by atoms with Crippen molar-refractivity contribution in [2.45, 2.75) is 29.9 Å². The molecular weight excluding hydrogens is 328 g/mol. The largest absolute Gasteiger partial charge is 0.462 e. The fraction of sp³-hybridized carbons (Fsp3) is 0.333. The first-order valence-electron chi connectivity index (χ1n) is 7.60. The first-order valence-corrected chi connectivity index (χ1v) is 9.64. The van der Waals surface area contributed by atoms with E-state index in [0.29, 0.717) is 17.9 Å². The second-order valence-corrected chi connectivity index (χ2v) is 7.53. The maximum Gasteiger partial charge on any atom is 0.348 e. The number of carbonyl (C=O) groups is 2. The van der Waals surface area contributed by atoms with Gasteiger partial charge in [0.2, 0.25) is 0 Å². The first-order chi connectivity index (χ1) is 11.2. The van der Waals surface area contributed by atoms with Gasteiger partial charge in [0.25, 0.3) is 0 Å². The second kappa shape index (κ2) is 6.89. The van der Waals surface area contributed by atoms with E-state index in [1.165, 1.54) is 23.1 Å². The van der Waals surface area contributed by atoms with Crippen LogP contribution in [0.4, 0.5) is 0 Å². The Bertz CT molecular complexity index is 734. The van der Waals surface area contributed by atoms with Crippen LogP contribution in [0.2, 0.25) is 0 Å². The molecule has 0 spiro atoms. The number of thioether (sulfide) groups is 1. The molecule has 3 rings (SSSR count). The third-order valence-corrected chi connectivity index (χ3v) is 6.38. The summed E-state index contributed by atoms with van der Waals surface area (Å²) < 4.78 is 6.11. The molecule has 120 valence electrons. The van der Waals surface area contributed by atoms with E-state index in [1.807, 2.05) is 24.5 Å². The van der Waals surface area contributed by atoms with Crippen LogP contribution in [0.25, 0.3) is 0 Å². The third-order valence-electron chi connectivity index (χ3n) is 4.05. The molecule has 1 heterocycles. The van der Waals surface area contributed by atoms with Gasteiger partial charge in [-0.2, -0.15) is 0 Å². The Morgan fingerprint density at radius 2 is 2.04 bits per heavy atom. The lowest BCUT2D eigenvalue weighted by atomic mass is 9.80. The highest BCUT2D eigenvalue weighted by molar-refractivity contribution is 8.00. The van der Waals surface area contributed by atoms with Gasteiger partial charge in [-0.25, -0.2) is 4.79 Å². The summed E-state index contributed by atoms with van der Waals surface area (Å²) in [5, 5.41) is 0. The van der Waals surface area contributed by atoms with Gasteiger partial charge in [0, 0.05) is 12.0 Å². The fourth-order valence-electron chi connectivity index (χ4n) is 3.03. The van der Waals surface area contributed by atoms with Crippen LogP contribution in [0.3, 0.4) is 0 Å². The van der Waals surface area contributed by atoms with E-state index < -0.39 is 0 Å². The zero-order valence-electron chi connectivity index (χ0n) is 13.1. The number of rotatable bonds is 4. The lowest BCUT2D eigenvalue weighted by molar-refractivity contribution is 0.0531. The number of hydrogen-bond donors (Lipinski definition) is 0. The zero-order valence-corrected chi connectivity index (χ0v) is 14.8. The zero-order chi connectivity index (χ0) is 16.4. The molecule has 2 aromatic rings. The highest BCUT2D eigenvalue weighted by Gasteiger charge is 2.34. The van der Waals surface area contributed by atoms with Gasteiger partial charge in [0.05, 0.1) is 10.8 Å². The Hall–Kier alpha value is -1.59. The molecule has 0 amide bonds. The van der Waals surface area contributed by atoms with Crippen molar-refractivity contribution < 1.29 is 14.3 Å². The summed E-state index contributed by atoms with van der Waals surface area (Å²) in [5.41, 5.74) is 2.78. The van der Waals surface area contributed by atoms with Gasteiger partial charge in [0.15, 0.2) is 5.78 Å². The molecule has 1 aliphatic rings. The van der Waals surface area contributed by atoms with Crippen molar-refractivity contribution in [3.05, 3.63) is 51.9 Å². The van der Waals surface area contributed by atoms with E-state index in [1.54, 1.807) is 6.92 Å². The van der Waals surface area contributed by atoms with Gasteiger partial charge in [-0.3, -0.25) is 4.79 Å². The van der Waals surface area contributed by atoms with Gasteiger partial charge in [0.1, 0.15) is 4.88 Å². The number of thiophene rings is 1. The number of Topliss-reactive ketones (excluding diaryl/α,β-unsaturated/α-hetero) is 1. The molecule has 0 saturated carbocycles. The number of carbonyl (C=O) groups excluding carboxylic acids is 2. The molecule has 1 aromatic heterocycles. The monoisotopic (exact) mass is 346 g/mol. The number of ketones is 1. The van der Waals surface area contributed by atoms with E-state index in [2.05, 4.69) is 12.1 Å². The molecule has 1 atom stereocenters. The number of hydrogen-bond acceptors (Lipinski definition) is 5. The van der Waals surface area contributed by atoms with Crippen molar-refractivity contribution in [2.24, 2.45) is 0 Å². The maximum absolute atomic E-state index is 12.7. The van der Waals surface area contributed by atoms with Crippen molar-refractivity contribution >= 4 is 34.9 Å². The molecule has 1 unspecified atom stereocenters. The predicted molar refractivity (Wildman–Crippen MR) is 93.9 cm³/mol. The summed E-state index contributed by atoms with van der Waals surface area (Å²) in [6, 6.07) is 10.1. The van der Waals surface area contributed by atoms with Crippen LogP contribution in [-0.2, 0) is 11.2 Å². The summed E-state index contributed by atoms with van der Waals surface area (Å²) in [5.74, 6) is -0.0412. The minimum atomic E-state index is -0.310. The topological polar surface area (TPSA) is 43.4 Å².